The fourth-order valence-electron chi connectivity index (χ4n) is 1.23. The molecular formula is C10H19N3OS. The summed E-state index contributed by atoms with van der Waals surface area (Å²) in [6.07, 6.45) is 1.10. The van der Waals surface area contributed by atoms with Crippen molar-refractivity contribution in [2.45, 2.75) is 32.9 Å². The summed E-state index contributed by atoms with van der Waals surface area (Å²) >= 11 is 1.21. The quantitative estimate of drug-likeness (QED) is 0.609. The highest BCUT2D eigenvalue weighted by molar-refractivity contribution is 7.07. The molecule has 0 saturated heterocycles. The minimum Gasteiger partial charge on any atom is -0.315 e. The summed E-state index contributed by atoms with van der Waals surface area (Å²) in [6.45, 7) is 7.04. The SMILES string of the molecule is CC(C)NCCCNCc1csc(=O)[nH]1. The molecule has 0 saturated carbocycles. The summed E-state index contributed by atoms with van der Waals surface area (Å²) in [4.78, 5) is 13.6. The van der Waals surface area contributed by atoms with Crippen LogP contribution in [0.2, 0.25) is 0 Å². The molecule has 0 amide bonds. The first-order chi connectivity index (χ1) is 7.18. The van der Waals surface area contributed by atoms with E-state index in [0.29, 0.717) is 6.04 Å². The molecule has 0 aliphatic rings. The minimum absolute atomic E-state index is 0.0216. The van der Waals surface area contributed by atoms with Crippen molar-refractivity contribution in [3.8, 4) is 0 Å². The zero-order valence-electron chi connectivity index (χ0n) is 9.30. The molecule has 86 valence electrons. The second-order valence-electron chi connectivity index (χ2n) is 3.81. The lowest BCUT2D eigenvalue weighted by atomic mass is 10.3. The van der Waals surface area contributed by atoms with E-state index >= 15 is 0 Å². The van der Waals surface area contributed by atoms with Gasteiger partial charge in [-0.1, -0.05) is 25.2 Å². The van der Waals surface area contributed by atoms with E-state index in [2.05, 4.69) is 29.5 Å². The molecule has 0 aliphatic heterocycles. The minimum atomic E-state index is 0.0216. The lowest BCUT2D eigenvalue weighted by Crippen LogP contribution is -2.26. The van der Waals surface area contributed by atoms with Crippen molar-refractivity contribution in [3.63, 3.8) is 0 Å². The van der Waals surface area contributed by atoms with Crippen LogP contribution < -0.4 is 15.5 Å². The third-order valence-corrected chi connectivity index (χ3v) is 2.69. The highest BCUT2D eigenvalue weighted by Gasteiger charge is 1.95. The molecule has 1 aromatic heterocycles. The van der Waals surface area contributed by atoms with Gasteiger partial charge in [0, 0.05) is 23.7 Å². The van der Waals surface area contributed by atoms with E-state index in [1.807, 2.05) is 5.38 Å². The molecule has 0 aromatic carbocycles. The molecule has 0 fully saturated rings. The molecule has 4 nitrogen and oxygen atoms in total. The maximum atomic E-state index is 10.8. The van der Waals surface area contributed by atoms with Crippen LogP contribution in [0.5, 0.6) is 0 Å². The highest BCUT2D eigenvalue weighted by Crippen LogP contribution is 1.94. The Morgan fingerprint density at radius 3 is 2.87 bits per heavy atom. The van der Waals surface area contributed by atoms with Crippen LogP contribution in [0.25, 0.3) is 0 Å². The van der Waals surface area contributed by atoms with E-state index in [4.69, 9.17) is 0 Å². The van der Waals surface area contributed by atoms with Gasteiger partial charge in [-0.2, -0.15) is 0 Å². The summed E-state index contributed by atoms with van der Waals surface area (Å²) in [5, 5.41) is 8.50. The number of nitrogens with one attached hydrogen (secondary N) is 3. The number of hydrogen-bond donors (Lipinski definition) is 3. The smallest absolute Gasteiger partial charge is 0.304 e. The van der Waals surface area contributed by atoms with Gasteiger partial charge in [0.2, 0.25) is 0 Å². The number of aromatic nitrogens is 1. The van der Waals surface area contributed by atoms with Gasteiger partial charge in [0.05, 0.1) is 0 Å². The normalized spacial score (nSPS) is 11.1. The van der Waals surface area contributed by atoms with Crippen molar-refractivity contribution >= 4 is 11.3 Å². The summed E-state index contributed by atoms with van der Waals surface area (Å²) in [6, 6.07) is 0.554. The Morgan fingerprint density at radius 2 is 2.27 bits per heavy atom. The first-order valence-electron chi connectivity index (χ1n) is 5.29. The number of H-pyrrole nitrogens is 1. The lowest BCUT2D eigenvalue weighted by molar-refractivity contribution is 0.546. The van der Waals surface area contributed by atoms with Crippen molar-refractivity contribution in [1.82, 2.24) is 15.6 Å². The van der Waals surface area contributed by atoms with Gasteiger partial charge >= 0.3 is 4.87 Å². The Bertz CT molecular complexity index is 318. The van der Waals surface area contributed by atoms with Crippen LogP contribution in [-0.2, 0) is 6.54 Å². The molecule has 0 bridgehead atoms. The Hall–Kier alpha value is -0.650. The molecule has 0 atom stereocenters. The highest BCUT2D eigenvalue weighted by atomic mass is 32.1. The van der Waals surface area contributed by atoms with Crippen LogP contribution in [0.3, 0.4) is 0 Å². The fraction of sp³-hybridized carbons (Fsp3) is 0.700. The maximum Gasteiger partial charge on any atom is 0.304 e. The van der Waals surface area contributed by atoms with Gasteiger partial charge in [-0.05, 0) is 19.5 Å². The van der Waals surface area contributed by atoms with Crippen molar-refractivity contribution in [3.05, 3.63) is 20.7 Å². The number of hydrogen-bond acceptors (Lipinski definition) is 4. The van der Waals surface area contributed by atoms with Crippen LogP contribution in [0, 0.1) is 0 Å². The van der Waals surface area contributed by atoms with Gasteiger partial charge in [0.15, 0.2) is 0 Å². The Morgan fingerprint density at radius 1 is 1.47 bits per heavy atom. The molecule has 1 rings (SSSR count). The second kappa shape index (κ2) is 6.76. The molecule has 0 radical (unpaired) electrons. The molecule has 15 heavy (non-hydrogen) atoms. The van der Waals surface area contributed by atoms with Gasteiger partial charge in [0.1, 0.15) is 0 Å². The summed E-state index contributed by atoms with van der Waals surface area (Å²) in [5.74, 6) is 0. The Balaban J connectivity index is 2.00. The third-order valence-electron chi connectivity index (χ3n) is 1.97. The summed E-state index contributed by atoms with van der Waals surface area (Å²) in [7, 11) is 0. The maximum absolute atomic E-state index is 10.8. The first kappa shape index (κ1) is 12.4. The Kier molecular flexibility index (Phi) is 5.60. The van der Waals surface area contributed by atoms with E-state index in [0.717, 1.165) is 31.7 Å². The van der Waals surface area contributed by atoms with Crippen molar-refractivity contribution < 1.29 is 0 Å². The molecular weight excluding hydrogens is 210 g/mol. The molecule has 0 unspecified atom stereocenters. The van der Waals surface area contributed by atoms with Crippen molar-refractivity contribution in [2.24, 2.45) is 0 Å². The fourth-order valence-corrected chi connectivity index (χ4v) is 1.81. The predicted octanol–water partition coefficient (Wildman–Crippen LogP) is 0.914. The monoisotopic (exact) mass is 229 g/mol. The molecule has 3 N–H and O–H groups in total. The van der Waals surface area contributed by atoms with E-state index in [1.165, 1.54) is 11.3 Å². The van der Waals surface area contributed by atoms with Crippen LogP contribution in [0.4, 0.5) is 0 Å². The predicted molar refractivity (Wildman–Crippen MR) is 64.4 cm³/mol. The summed E-state index contributed by atoms with van der Waals surface area (Å²) in [5.41, 5.74) is 0.974. The number of aromatic amines is 1. The number of rotatable bonds is 7. The van der Waals surface area contributed by atoms with Crippen LogP contribution in [0.1, 0.15) is 26.0 Å². The average Bonchev–Trinajstić information content (AvgIpc) is 2.57. The van der Waals surface area contributed by atoms with Gasteiger partial charge < -0.3 is 15.6 Å². The topological polar surface area (TPSA) is 56.9 Å². The standard InChI is InChI=1S/C10H19N3OS/c1-8(2)12-5-3-4-11-6-9-7-15-10(14)13-9/h7-8,11-12H,3-6H2,1-2H3,(H,13,14). The first-order valence-corrected chi connectivity index (χ1v) is 6.17. The number of thiazole rings is 1. The van der Waals surface area contributed by atoms with Crippen molar-refractivity contribution in [1.29, 1.82) is 0 Å². The zero-order valence-corrected chi connectivity index (χ0v) is 10.1. The largest absolute Gasteiger partial charge is 0.315 e. The average molecular weight is 229 g/mol. The van der Waals surface area contributed by atoms with E-state index in [-0.39, 0.29) is 4.87 Å². The van der Waals surface area contributed by atoms with Crippen LogP contribution >= 0.6 is 11.3 Å². The van der Waals surface area contributed by atoms with E-state index in [1.54, 1.807) is 0 Å². The van der Waals surface area contributed by atoms with Gasteiger partial charge in [-0.25, -0.2) is 0 Å². The molecule has 1 aromatic rings. The third kappa shape index (κ3) is 5.71. The van der Waals surface area contributed by atoms with Crippen LogP contribution in [0.15, 0.2) is 10.2 Å². The van der Waals surface area contributed by atoms with E-state index < -0.39 is 0 Å². The van der Waals surface area contributed by atoms with Crippen molar-refractivity contribution in [2.75, 3.05) is 13.1 Å². The molecule has 5 heteroatoms. The van der Waals surface area contributed by atoms with Gasteiger partial charge in [0.25, 0.3) is 0 Å². The Labute approximate surface area is 94.1 Å². The molecule has 1 heterocycles. The van der Waals surface area contributed by atoms with Crippen LogP contribution in [-0.4, -0.2) is 24.1 Å². The molecule has 0 spiro atoms. The van der Waals surface area contributed by atoms with Gasteiger partial charge in [-0.3, -0.25) is 4.79 Å². The second-order valence-corrected chi connectivity index (χ2v) is 4.65. The lowest BCUT2D eigenvalue weighted by Gasteiger charge is -2.07. The van der Waals surface area contributed by atoms with Gasteiger partial charge in [-0.15, -0.1) is 0 Å². The molecule has 0 aliphatic carbocycles. The summed E-state index contributed by atoms with van der Waals surface area (Å²) < 4.78 is 0. The zero-order chi connectivity index (χ0) is 11.1. The van der Waals surface area contributed by atoms with E-state index in [9.17, 15) is 4.79 Å².